The predicted molar refractivity (Wildman–Crippen MR) is 74.8 cm³/mol. The lowest BCUT2D eigenvalue weighted by Crippen LogP contribution is -2.28. The van der Waals surface area contributed by atoms with Crippen molar-refractivity contribution >= 4 is 5.91 Å². The van der Waals surface area contributed by atoms with Crippen LogP contribution in [0.3, 0.4) is 0 Å². The zero-order chi connectivity index (χ0) is 14.8. The van der Waals surface area contributed by atoms with E-state index in [2.05, 4.69) is 20.6 Å². The average molecular weight is 282 g/mol. The number of nitrogens with zero attached hydrogens (tertiary/aromatic N) is 2. The standard InChI is InChI=1S/C13H22N4O3/c1-4-6-15-11(18)5-7-14-8-10-12(19-2)16-9-17-13(10)20-3/h9,14H,4-8H2,1-3H3,(H,15,18). The van der Waals surface area contributed by atoms with E-state index in [0.717, 1.165) is 12.0 Å². The Labute approximate surface area is 119 Å². The molecule has 0 aromatic carbocycles. The van der Waals surface area contributed by atoms with E-state index in [9.17, 15) is 4.79 Å². The van der Waals surface area contributed by atoms with Crippen LogP contribution in [0.25, 0.3) is 0 Å². The van der Waals surface area contributed by atoms with E-state index in [4.69, 9.17) is 9.47 Å². The van der Waals surface area contributed by atoms with Gasteiger partial charge in [-0.25, -0.2) is 9.97 Å². The smallest absolute Gasteiger partial charge is 0.224 e. The lowest BCUT2D eigenvalue weighted by Gasteiger charge is -2.11. The topological polar surface area (TPSA) is 85.4 Å². The van der Waals surface area contributed by atoms with E-state index in [1.807, 2.05) is 6.92 Å². The lowest BCUT2D eigenvalue weighted by atomic mass is 10.3. The molecular weight excluding hydrogens is 260 g/mol. The fraction of sp³-hybridized carbons (Fsp3) is 0.615. The summed E-state index contributed by atoms with van der Waals surface area (Å²) in [6.07, 6.45) is 2.76. The van der Waals surface area contributed by atoms with Crippen LogP contribution < -0.4 is 20.1 Å². The fourth-order valence-electron chi connectivity index (χ4n) is 1.65. The number of amides is 1. The van der Waals surface area contributed by atoms with Crippen LogP contribution in [0, 0.1) is 0 Å². The first-order valence-corrected chi connectivity index (χ1v) is 6.62. The molecule has 0 fully saturated rings. The second-order valence-electron chi connectivity index (χ2n) is 4.15. The fourth-order valence-corrected chi connectivity index (χ4v) is 1.65. The molecule has 7 heteroatoms. The second-order valence-corrected chi connectivity index (χ2v) is 4.15. The monoisotopic (exact) mass is 282 g/mol. The first-order chi connectivity index (χ1) is 9.72. The quantitative estimate of drug-likeness (QED) is 0.642. The zero-order valence-electron chi connectivity index (χ0n) is 12.2. The lowest BCUT2D eigenvalue weighted by molar-refractivity contribution is -0.120. The molecule has 20 heavy (non-hydrogen) atoms. The maximum Gasteiger partial charge on any atom is 0.224 e. The molecule has 0 bridgehead atoms. The molecule has 0 atom stereocenters. The van der Waals surface area contributed by atoms with Gasteiger partial charge in [0.05, 0.1) is 19.8 Å². The first kappa shape index (κ1) is 16.2. The summed E-state index contributed by atoms with van der Waals surface area (Å²) in [6, 6.07) is 0. The minimum Gasteiger partial charge on any atom is -0.481 e. The Hall–Kier alpha value is -1.89. The van der Waals surface area contributed by atoms with Crippen LogP contribution in [0.2, 0.25) is 0 Å². The summed E-state index contributed by atoms with van der Waals surface area (Å²) in [5.74, 6) is 0.988. The van der Waals surface area contributed by atoms with Gasteiger partial charge in [-0.15, -0.1) is 0 Å². The summed E-state index contributed by atoms with van der Waals surface area (Å²) in [6.45, 7) is 3.78. The molecule has 112 valence electrons. The molecular formula is C13H22N4O3. The van der Waals surface area contributed by atoms with Crippen LogP contribution in [0.5, 0.6) is 11.8 Å². The Morgan fingerprint density at radius 1 is 1.20 bits per heavy atom. The summed E-state index contributed by atoms with van der Waals surface area (Å²) in [7, 11) is 3.09. The highest BCUT2D eigenvalue weighted by molar-refractivity contribution is 5.75. The van der Waals surface area contributed by atoms with Crippen molar-refractivity contribution in [3.63, 3.8) is 0 Å². The highest BCUT2D eigenvalue weighted by atomic mass is 16.5. The first-order valence-electron chi connectivity index (χ1n) is 6.62. The van der Waals surface area contributed by atoms with Crippen molar-refractivity contribution in [2.24, 2.45) is 0 Å². The maximum atomic E-state index is 11.4. The molecule has 1 aromatic rings. The SMILES string of the molecule is CCCNC(=O)CCNCc1c(OC)ncnc1OC. The van der Waals surface area contributed by atoms with Gasteiger partial charge in [-0.1, -0.05) is 6.92 Å². The maximum absolute atomic E-state index is 11.4. The van der Waals surface area contributed by atoms with E-state index < -0.39 is 0 Å². The van der Waals surface area contributed by atoms with Gasteiger partial charge in [-0.05, 0) is 6.42 Å². The van der Waals surface area contributed by atoms with E-state index in [-0.39, 0.29) is 5.91 Å². The number of hydrogen-bond donors (Lipinski definition) is 2. The zero-order valence-corrected chi connectivity index (χ0v) is 12.2. The van der Waals surface area contributed by atoms with Crippen LogP contribution in [0.15, 0.2) is 6.33 Å². The molecule has 1 aromatic heterocycles. The van der Waals surface area contributed by atoms with Crippen LogP contribution in [-0.2, 0) is 11.3 Å². The molecule has 1 amide bonds. The minimum atomic E-state index is 0.0441. The molecule has 0 aliphatic heterocycles. The van der Waals surface area contributed by atoms with Gasteiger partial charge in [0.25, 0.3) is 0 Å². The largest absolute Gasteiger partial charge is 0.481 e. The van der Waals surface area contributed by atoms with Gasteiger partial charge in [0.1, 0.15) is 6.33 Å². The summed E-state index contributed by atoms with van der Waals surface area (Å²) >= 11 is 0. The number of carbonyl (C=O) groups excluding carboxylic acids is 1. The number of aromatic nitrogens is 2. The van der Waals surface area contributed by atoms with Crippen molar-refractivity contribution < 1.29 is 14.3 Å². The Morgan fingerprint density at radius 2 is 1.85 bits per heavy atom. The molecule has 7 nitrogen and oxygen atoms in total. The Bertz CT molecular complexity index is 404. The van der Waals surface area contributed by atoms with Gasteiger partial charge < -0.3 is 20.1 Å². The normalized spacial score (nSPS) is 10.2. The van der Waals surface area contributed by atoms with Crippen molar-refractivity contribution in [3.05, 3.63) is 11.9 Å². The third kappa shape index (κ3) is 5.00. The minimum absolute atomic E-state index is 0.0441. The molecule has 0 aliphatic rings. The van der Waals surface area contributed by atoms with E-state index in [1.165, 1.54) is 6.33 Å². The number of rotatable bonds is 9. The van der Waals surface area contributed by atoms with E-state index in [0.29, 0.717) is 37.8 Å². The Balaban J connectivity index is 2.43. The van der Waals surface area contributed by atoms with Crippen molar-refractivity contribution in [2.45, 2.75) is 26.3 Å². The van der Waals surface area contributed by atoms with Gasteiger partial charge in [-0.2, -0.15) is 0 Å². The Kier molecular flexibility index (Phi) is 7.34. The van der Waals surface area contributed by atoms with Crippen LogP contribution >= 0.6 is 0 Å². The number of ether oxygens (including phenoxy) is 2. The molecule has 1 heterocycles. The van der Waals surface area contributed by atoms with E-state index >= 15 is 0 Å². The molecule has 1 rings (SSSR count). The molecule has 0 saturated heterocycles. The molecule has 0 spiro atoms. The molecule has 0 unspecified atom stereocenters. The third-order valence-corrected chi connectivity index (χ3v) is 2.66. The van der Waals surface area contributed by atoms with Gasteiger partial charge in [0.15, 0.2) is 0 Å². The summed E-state index contributed by atoms with van der Waals surface area (Å²) < 4.78 is 10.3. The predicted octanol–water partition coefficient (Wildman–Crippen LogP) is 0.500. The number of carbonyl (C=O) groups is 1. The molecule has 0 radical (unpaired) electrons. The highest BCUT2D eigenvalue weighted by Crippen LogP contribution is 2.22. The summed E-state index contributed by atoms with van der Waals surface area (Å²) in [4.78, 5) is 19.5. The molecule has 0 aliphatic carbocycles. The van der Waals surface area contributed by atoms with Gasteiger partial charge >= 0.3 is 0 Å². The van der Waals surface area contributed by atoms with Gasteiger partial charge in [0.2, 0.25) is 17.7 Å². The van der Waals surface area contributed by atoms with E-state index in [1.54, 1.807) is 14.2 Å². The van der Waals surface area contributed by atoms with Gasteiger partial charge in [-0.3, -0.25) is 4.79 Å². The van der Waals surface area contributed by atoms with Crippen molar-refractivity contribution in [2.75, 3.05) is 27.3 Å². The number of hydrogen-bond acceptors (Lipinski definition) is 6. The molecule has 2 N–H and O–H groups in total. The van der Waals surface area contributed by atoms with Crippen molar-refractivity contribution in [1.29, 1.82) is 0 Å². The van der Waals surface area contributed by atoms with Crippen LogP contribution in [0.1, 0.15) is 25.3 Å². The average Bonchev–Trinajstić information content (AvgIpc) is 2.49. The highest BCUT2D eigenvalue weighted by Gasteiger charge is 2.12. The van der Waals surface area contributed by atoms with Crippen molar-refractivity contribution in [3.8, 4) is 11.8 Å². The molecule has 0 saturated carbocycles. The second kappa shape index (κ2) is 9.08. The van der Waals surface area contributed by atoms with Crippen LogP contribution in [0.4, 0.5) is 0 Å². The summed E-state index contributed by atoms with van der Waals surface area (Å²) in [5.41, 5.74) is 0.742. The summed E-state index contributed by atoms with van der Waals surface area (Å²) in [5, 5.41) is 5.98. The van der Waals surface area contributed by atoms with Gasteiger partial charge in [0, 0.05) is 26.1 Å². The van der Waals surface area contributed by atoms with Crippen LogP contribution in [-0.4, -0.2) is 43.2 Å². The number of nitrogens with one attached hydrogen (secondary N) is 2. The third-order valence-electron chi connectivity index (χ3n) is 2.66. The Morgan fingerprint density at radius 3 is 2.40 bits per heavy atom. The number of methoxy groups -OCH3 is 2. The van der Waals surface area contributed by atoms with Crippen molar-refractivity contribution in [1.82, 2.24) is 20.6 Å².